The number of hydrogen-bond donors (Lipinski definition) is 0. The molecule has 0 bridgehead atoms. The number of fused-ring (bicyclic) bond motifs is 3. The fraction of sp³-hybridized carbons (Fsp3) is 0.400. The maximum Gasteiger partial charge on any atom is 0.209 e. The van der Waals surface area contributed by atoms with Gasteiger partial charge in [-0.15, -0.1) is 0 Å². The van der Waals surface area contributed by atoms with Gasteiger partial charge in [-0.3, -0.25) is 0 Å². The van der Waals surface area contributed by atoms with Crippen molar-refractivity contribution < 1.29 is 9.31 Å². The molecule has 0 aliphatic carbocycles. The predicted octanol–water partition coefficient (Wildman–Crippen LogP) is 8.68. The maximum atomic E-state index is 6.60. The van der Waals surface area contributed by atoms with Crippen LogP contribution in [-0.4, -0.2) is 29.4 Å². The van der Waals surface area contributed by atoms with Crippen LogP contribution in [0.5, 0.6) is 5.75 Å². The van der Waals surface area contributed by atoms with Crippen LogP contribution in [0.4, 0.5) is 11.4 Å². The van der Waals surface area contributed by atoms with Crippen molar-refractivity contribution in [2.45, 2.75) is 73.3 Å². The lowest BCUT2D eigenvalue weighted by molar-refractivity contribution is -0.401. The van der Waals surface area contributed by atoms with E-state index in [9.17, 15) is 0 Å². The number of hydrogen-bond acceptors (Lipinski definition) is 2. The van der Waals surface area contributed by atoms with Gasteiger partial charge in [0.1, 0.15) is 18.6 Å². The maximum absolute atomic E-state index is 6.60. The van der Waals surface area contributed by atoms with Crippen LogP contribution in [0.1, 0.15) is 79.0 Å². The minimum Gasteiger partial charge on any atom is -0.460 e. The Bertz CT molecular complexity index is 1470. The third-order valence-corrected chi connectivity index (χ3v) is 8.42. The Labute approximate surface area is 229 Å². The van der Waals surface area contributed by atoms with Crippen molar-refractivity contribution in [3.05, 3.63) is 89.2 Å². The standard InChI is InChI=1S/C35H43N2O/c1-11-37-29-21-30-26(20-25(29)23(2)22-34(37,6)7)24(19-32(38-30)33(3,4)5)15-14-18-31-35(8,9)27-16-12-13-17-28(27)36(31)10/h12-22H,11H2,1-10H3/q+1. The molecule has 198 valence electrons. The average Bonchev–Trinajstić information content (AvgIpc) is 3.02. The number of likely N-dealkylation sites (N-methyl/N-ethyl adjacent to an activating group) is 1. The molecular weight excluding hydrogens is 464 g/mol. The fourth-order valence-electron chi connectivity index (χ4n) is 6.41. The number of ether oxygens (including phenoxy) is 1. The molecule has 0 unspecified atom stereocenters. The SMILES string of the molecule is CCN1c2cc3c(cc2C(C)=CC1(C)C)C(=CC=CC1=[N+](C)c2ccccc2C1(C)C)C=C(C(C)(C)C)O3. The summed E-state index contributed by atoms with van der Waals surface area (Å²) in [5.74, 6) is 1.94. The highest BCUT2D eigenvalue weighted by atomic mass is 16.5. The number of para-hydroxylation sites is 1. The second kappa shape index (κ2) is 8.86. The van der Waals surface area contributed by atoms with Gasteiger partial charge in [0.15, 0.2) is 5.71 Å². The first kappa shape index (κ1) is 26.3. The summed E-state index contributed by atoms with van der Waals surface area (Å²) < 4.78 is 8.92. The first-order valence-corrected chi connectivity index (χ1v) is 13.9. The summed E-state index contributed by atoms with van der Waals surface area (Å²) in [5, 5.41) is 0. The van der Waals surface area contributed by atoms with E-state index in [4.69, 9.17) is 4.74 Å². The van der Waals surface area contributed by atoms with E-state index in [1.807, 2.05) is 0 Å². The quantitative estimate of drug-likeness (QED) is 0.386. The molecule has 0 fully saturated rings. The summed E-state index contributed by atoms with van der Waals surface area (Å²) in [4.78, 5) is 2.48. The lowest BCUT2D eigenvalue weighted by atomic mass is 9.81. The summed E-state index contributed by atoms with van der Waals surface area (Å²) in [6.07, 6.45) is 11.4. The topological polar surface area (TPSA) is 15.5 Å². The van der Waals surface area contributed by atoms with Gasteiger partial charge in [0.25, 0.3) is 0 Å². The van der Waals surface area contributed by atoms with Gasteiger partial charge in [0, 0.05) is 52.5 Å². The van der Waals surface area contributed by atoms with E-state index >= 15 is 0 Å². The fourth-order valence-corrected chi connectivity index (χ4v) is 6.41. The third kappa shape index (κ3) is 4.17. The van der Waals surface area contributed by atoms with E-state index < -0.39 is 0 Å². The summed E-state index contributed by atoms with van der Waals surface area (Å²) in [7, 11) is 2.17. The molecule has 0 atom stereocenters. The van der Waals surface area contributed by atoms with Crippen molar-refractivity contribution in [1.29, 1.82) is 0 Å². The summed E-state index contributed by atoms with van der Waals surface area (Å²) in [6.45, 7) is 21.3. The zero-order valence-electron chi connectivity index (χ0n) is 24.9. The van der Waals surface area contributed by atoms with Crippen LogP contribution in [0, 0.1) is 5.41 Å². The molecule has 0 spiro atoms. The number of rotatable bonds is 3. The van der Waals surface area contributed by atoms with Crippen molar-refractivity contribution >= 4 is 28.2 Å². The lowest BCUT2D eigenvalue weighted by Crippen LogP contribution is -2.45. The molecular formula is C35H43N2O+. The van der Waals surface area contributed by atoms with Gasteiger partial charge in [-0.1, -0.05) is 57.2 Å². The molecule has 3 aliphatic heterocycles. The Balaban J connectivity index is 1.61. The summed E-state index contributed by atoms with van der Waals surface area (Å²) in [6, 6.07) is 13.3. The highest BCUT2D eigenvalue weighted by molar-refractivity contribution is 6.03. The van der Waals surface area contributed by atoms with Crippen LogP contribution in [0.25, 0.3) is 11.1 Å². The van der Waals surface area contributed by atoms with Crippen molar-refractivity contribution in [1.82, 2.24) is 0 Å². The molecule has 0 amide bonds. The second-order valence-corrected chi connectivity index (χ2v) is 13.0. The summed E-state index contributed by atoms with van der Waals surface area (Å²) in [5.41, 5.74) is 9.98. The molecule has 38 heavy (non-hydrogen) atoms. The number of anilines is 1. The van der Waals surface area contributed by atoms with Gasteiger partial charge < -0.3 is 9.64 Å². The van der Waals surface area contributed by atoms with E-state index in [2.05, 4.69) is 146 Å². The number of allylic oxidation sites excluding steroid dienone is 7. The predicted molar refractivity (Wildman–Crippen MR) is 163 cm³/mol. The van der Waals surface area contributed by atoms with E-state index in [0.29, 0.717) is 0 Å². The van der Waals surface area contributed by atoms with Crippen LogP contribution >= 0.6 is 0 Å². The van der Waals surface area contributed by atoms with Gasteiger partial charge in [0.2, 0.25) is 5.69 Å². The van der Waals surface area contributed by atoms with Crippen LogP contribution in [0.3, 0.4) is 0 Å². The highest BCUT2D eigenvalue weighted by Crippen LogP contribution is 2.47. The first-order chi connectivity index (χ1) is 17.8. The third-order valence-electron chi connectivity index (χ3n) is 8.42. The van der Waals surface area contributed by atoms with Gasteiger partial charge in [-0.2, -0.15) is 4.58 Å². The monoisotopic (exact) mass is 507 g/mol. The van der Waals surface area contributed by atoms with Crippen molar-refractivity contribution in [2.24, 2.45) is 5.41 Å². The van der Waals surface area contributed by atoms with Crippen molar-refractivity contribution in [3.8, 4) is 5.75 Å². The first-order valence-electron chi connectivity index (χ1n) is 13.9. The molecule has 0 radical (unpaired) electrons. The Morgan fingerprint density at radius 2 is 1.74 bits per heavy atom. The Morgan fingerprint density at radius 3 is 2.39 bits per heavy atom. The molecule has 3 nitrogen and oxygen atoms in total. The lowest BCUT2D eigenvalue weighted by Gasteiger charge is -2.43. The van der Waals surface area contributed by atoms with E-state index in [1.54, 1.807) is 0 Å². The molecule has 3 heteroatoms. The largest absolute Gasteiger partial charge is 0.460 e. The molecule has 5 rings (SSSR count). The summed E-state index contributed by atoms with van der Waals surface area (Å²) >= 11 is 0. The van der Waals surface area contributed by atoms with E-state index in [-0.39, 0.29) is 16.4 Å². The van der Waals surface area contributed by atoms with Gasteiger partial charge in [-0.05, 0) is 64.8 Å². The average molecular weight is 508 g/mol. The highest BCUT2D eigenvalue weighted by Gasteiger charge is 2.42. The molecule has 2 aromatic carbocycles. The molecule has 2 aromatic rings. The zero-order chi connectivity index (χ0) is 27.6. The molecule has 0 N–H and O–H groups in total. The van der Waals surface area contributed by atoms with Crippen LogP contribution in [0.15, 0.2) is 72.5 Å². The van der Waals surface area contributed by atoms with Crippen LogP contribution in [-0.2, 0) is 5.41 Å². The van der Waals surface area contributed by atoms with Crippen LogP contribution in [0.2, 0.25) is 0 Å². The van der Waals surface area contributed by atoms with Crippen molar-refractivity contribution in [2.75, 3.05) is 18.5 Å². The van der Waals surface area contributed by atoms with Gasteiger partial charge >= 0.3 is 0 Å². The number of benzene rings is 2. The smallest absolute Gasteiger partial charge is 0.209 e. The second-order valence-electron chi connectivity index (χ2n) is 13.0. The molecule has 3 heterocycles. The minimum atomic E-state index is -0.0972. The van der Waals surface area contributed by atoms with Gasteiger partial charge in [0.05, 0.1) is 11.0 Å². The number of nitrogens with zero attached hydrogens (tertiary/aromatic N) is 2. The molecule has 3 aliphatic rings. The Morgan fingerprint density at radius 1 is 1.03 bits per heavy atom. The van der Waals surface area contributed by atoms with E-state index in [1.165, 1.54) is 39.4 Å². The van der Waals surface area contributed by atoms with Crippen molar-refractivity contribution in [3.63, 3.8) is 0 Å². The Kier molecular flexibility index (Phi) is 6.13. The normalized spacial score (nSPS) is 20.7. The molecule has 0 saturated heterocycles. The zero-order valence-corrected chi connectivity index (χ0v) is 24.9. The van der Waals surface area contributed by atoms with Crippen LogP contribution < -0.4 is 9.64 Å². The van der Waals surface area contributed by atoms with Gasteiger partial charge in [-0.25, -0.2) is 0 Å². The minimum absolute atomic E-state index is 0.0340. The van der Waals surface area contributed by atoms with E-state index in [0.717, 1.165) is 23.6 Å². The molecule has 0 aromatic heterocycles. The molecule has 0 saturated carbocycles. The Hall–Kier alpha value is -3.33.